The molecule has 1 unspecified atom stereocenters. The molecule has 0 spiro atoms. The van der Waals surface area contributed by atoms with Crippen molar-refractivity contribution >= 4 is 40.9 Å². The average Bonchev–Trinajstić information content (AvgIpc) is 2.45. The third kappa shape index (κ3) is 5.50. The lowest BCUT2D eigenvalue weighted by molar-refractivity contribution is -0.143. The quantitative estimate of drug-likeness (QED) is 0.591. The highest BCUT2D eigenvalue weighted by Crippen LogP contribution is 2.35. The fraction of sp³-hybridized carbons (Fsp3) is 0.467. The first kappa shape index (κ1) is 18.8. The zero-order valence-electron chi connectivity index (χ0n) is 12.7. The Morgan fingerprint density at radius 3 is 2.64 bits per heavy atom. The first-order chi connectivity index (χ1) is 10.4. The number of nitrogens with one attached hydrogen (secondary N) is 1. The van der Waals surface area contributed by atoms with Gasteiger partial charge in [-0.15, -0.1) is 11.8 Å². The van der Waals surface area contributed by atoms with Crippen LogP contribution >= 0.6 is 23.4 Å². The summed E-state index contributed by atoms with van der Waals surface area (Å²) in [6, 6.07) is 2.55. The van der Waals surface area contributed by atoms with Crippen molar-refractivity contribution in [2.24, 2.45) is 0 Å². The van der Waals surface area contributed by atoms with E-state index in [0.29, 0.717) is 17.9 Å². The van der Waals surface area contributed by atoms with Crippen molar-refractivity contribution in [3.63, 3.8) is 0 Å². The molecular formula is C15H19ClFNO3S. The molecule has 0 bridgehead atoms. The van der Waals surface area contributed by atoms with Crippen LogP contribution in [0.3, 0.4) is 0 Å². The van der Waals surface area contributed by atoms with Gasteiger partial charge in [0, 0.05) is 11.8 Å². The Bertz CT molecular complexity index is 554. The van der Waals surface area contributed by atoms with Gasteiger partial charge in [0.2, 0.25) is 5.91 Å². The number of carbonyl (C=O) groups is 2. The first-order valence-corrected chi connectivity index (χ1v) is 8.24. The molecule has 122 valence electrons. The number of hydrogen-bond donors (Lipinski definition) is 1. The number of ether oxygens (including phenoxy) is 1. The predicted molar refractivity (Wildman–Crippen MR) is 86.9 cm³/mol. The van der Waals surface area contributed by atoms with Gasteiger partial charge in [-0.25, -0.2) is 4.39 Å². The van der Waals surface area contributed by atoms with E-state index < -0.39 is 11.1 Å². The second-order valence-corrected chi connectivity index (χ2v) is 6.28. The van der Waals surface area contributed by atoms with Crippen LogP contribution in [0.2, 0.25) is 5.02 Å². The first-order valence-electron chi connectivity index (χ1n) is 6.98. The largest absolute Gasteiger partial charge is 0.465 e. The number of carbonyl (C=O) groups excluding carboxylic acids is 2. The van der Waals surface area contributed by atoms with E-state index in [1.54, 1.807) is 0 Å². The van der Waals surface area contributed by atoms with E-state index in [2.05, 4.69) is 5.32 Å². The maximum Gasteiger partial charge on any atom is 0.319 e. The van der Waals surface area contributed by atoms with Crippen LogP contribution in [0, 0.1) is 5.82 Å². The summed E-state index contributed by atoms with van der Waals surface area (Å²) in [6.45, 7) is 5.43. The fourth-order valence-corrected chi connectivity index (χ4v) is 2.93. The summed E-state index contributed by atoms with van der Waals surface area (Å²) in [5, 5.41) is 2.16. The molecule has 1 rings (SSSR count). The highest BCUT2D eigenvalue weighted by molar-refractivity contribution is 8.00. The maximum absolute atomic E-state index is 13.7. The third-order valence-corrected chi connectivity index (χ3v) is 4.51. The number of esters is 1. The Hall–Kier alpha value is -1.27. The molecule has 1 atom stereocenters. The molecule has 0 aliphatic rings. The Morgan fingerprint density at radius 2 is 2.09 bits per heavy atom. The lowest BCUT2D eigenvalue weighted by Crippen LogP contribution is -2.20. The molecule has 1 aromatic carbocycles. The van der Waals surface area contributed by atoms with Gasteiger partial charge < -0.3 is 10.1 Å². The Kier molecular flexibility index (Phi) is 7.68. The predicted octanol–water partition coefficient (Wildman–Crippen LogP) is 4.26. The van der Waals surface area contributed by atoms with Crippen molar-refractivity contribution in [2.75, 3.05) is 11.9 Å². The summed E-state index contributed by atoms with van der Waals surface area (Å²) < 4.78 is 18.9. The molecule has 0 radical (unpaired) electrons. The van der Waals surface area contributed by atoms with Gasteiger partial charge in [-0.3, -0.25) is 9.59 Å². The maximum atomic E-state index is 13.7. The molecule has 0 aliphatic heterocycles. The van der Waals surface area contributed by atoms with Gasteiger partial charge >= 0.3 is 5.97 Å². The Labute approximate surface area is 138 Å². The fourth-order valence-electron chi connectivity index (χ4n) is 1.65. The molecule has 4 nitrogen and oxygen atoms in total. The highest BCUT2D eigenvalue weighted by Gasteiger charge is 2.21. The molecule has 0 aliphatic carbocycles. The molecule has 0 saturated carbocycles. The summed E-state index contributed by atoms with van der Waals surface area (Å²) in [6.07, 6.45) is 1.30. The molecule has 0 saturated heterocycles. The van der Waals surface area contributed by atoms with Gasteiger partial charge in [-0.05, 0) is 25.0 Å². The van der Waals surface area contributed by atoms with Gasteiger partial charge in [0.05, 0.1) is 17.3 Å². The van der Waals surface area contributed by atoms with E-state index in [1.807, 2.05) is 13.8 Å². The second kappa shape index (κ2) is 9.00. The summed E-state index contributed by atoms with van der Waals surface area (Å²) in [5.41, 5.74) is 0.0381. The topological polar surface area (TPSA) is 55.4 Å². The van der Waals surface area contributed by atoms with Gasteiger partial charge in [0.25, 0.3) is 0 Å². The van der Waals surface area contributed by atoms with E-state index in [0.717, 1.165) is 12.5 Å². The minimum atomic E-state index is -0.619. The van der Waals surface area contributed by atoms with Crippen molar-refractivity contribution < 1.29 is 18.7 Å². The molecule has 1 amide bonds. The molecule has 7 heteroatoms. The summed E-state index contributed by atoms with van der Waals surface area (Å²) >= 11 is 7.22. The molecular weight excluding hydrogens is 329 g/mol. The smallest absolute Gasteiger partial charge is 0.319 e. The summed E-state index contributed by atoms with van der Waals surface area (Å²) in [4.78, 5) is 23.5. The minimum absolute atomic E-state index is 0.0381. The van der Waals surface area contributed by atoms with Gasteiger partial charge in [-0.2, -0.15) is 0 Å². The zero-order valence-corrected chi connectivity index (χ0v) is 14.3. The molecule has 1 aromatic rings. The van der Waals surface area contributed by atoms with Crippen LogP contribution in [0.15, 0.2) is 17.0 Å². The number of thioether (sulfide) groups is 1. The Morgan fingerprint density at radius 1 is 1.41 bits per heavy atom. The van der Waals surface area contributed by atoms with E-state index in [9.17, 15) is 14.0 Å². The molecule has 0 aromatic heterocycles. The van der Waals surface area contributed by atoms with Crippen molar-refractivity contribution in [3.8, 4) is 0 Å². The van der Waals surface area contributed by atoms with Crippen LogP contribution < -0.4 is 5.32 Å². The van der Waals surface area contributed by atoms with Crippen LogP contribution in [0.5, 0.6) is 0 Å². The van der Waals surface area contributed by atoms with Crippen LogP contribution in [-0.4, -0.2) is 23.7 Å². The van der Waals surface area contributed by atoms with Crippen LogP contribution in [0.4, 0.5) is 10.1 Å². The standard InChI is InChI=1S/C15H19ClFNO3S/c1-4-6-21-15(20)13(5-2)22-14-8-12(18-9(3)19)11(17)7-10(14)16/h7-8,13H,4-6H2,1-3H3,(H,18,19). The summed E-state index contributed by atoms with van der Waals surface area (Å²) in [5.74, 6) is -1.33. The number of amides is 1. The monoisotopic (exact) mass is 347 g/mol. The van der Waals surface area contributed by atoms with Crippen LogP contribution in [0.25, 0.3) is 0 Å². The van der Waals surface area contributed by atoms with E-state index in [1.165, 1.54) is 24.8 Å². The number of rotatable bonds is 7. The van der Waals surface area contributed by atoms with E-state index in [4.69, 9.17) is 16.3 Å². The van der Waals surface area contributed by atoms with E-state index >= 15 is 0 Å². The highest BCUT2D eigenvalue weighted by atomic mass is 35.5. The molecule has 0 fully saturated rings. The van der Waals surface area contributed by atoms with Crippen molar-refractivity contribution in [3.05, 3.63) is 23.0 Å². The molecule has 22 heavy (non-hydrogen) atoms. The third-order valence-electron chi connectivity index (χ3n) is 2.68. The molecule has 0 heterocycles. The minimum Gasteiger partial charge on any atom is -0.465 e. The SMILES string of the molecule is CCCOC(=O)C(CC)Sc1cc(NC(C)=O)c(F)cc1Cl. The number of anilines is 1. The van der Waals surface area contributed by atoms with Crippen LogP contribution in [-0.2, 0) is 14.3 Å². The van der Waals surface area contributed by atoms with Crippen molar-refractivity contribution in [1.29, 1.82) is 0 Å². The Balaban J connectivity index is 2.94. The lowest BCUT2D eigenvalue weighted by atomic mass is 10.3. The zero-order chi connectivity index (χ0) is 16.7. The number of halogens is 2. The van der Waals surface area contributed by atoms with Crippen molar-refractivity contribution in [2.45, 2.75) is 43.8 Å². The number of benzene rings is 1. The summed E-state index contributed by atoms with van der Waals surface area (Å²) in [7, 11) is 0. The molecule has 1 N–H and O–H groups in total. The second-order valence-electron chi connectivity index (χ2n) is 4.63. The number of hydrogen-bond acceptors (Lipinski definition) is 4. The lowest BCUT2D eigenvalue weighted by Gasteiger charge is -2.15. The van der Waals surface area contributed by atoms with Gasteiger partial charge in [-0.1, -0.05) is 25.4 Å². The van der Waals surface area contributed by atoms with Crippen molar-refractivity contribution in [1.82, 2.24) is 0 Å². The van der Waals surface area contributed by atoms with Crippen LogP contribution in [0.1, 0.15) is 33.6 Å². The average molecular weight is 348 g/mol. The van der Waals surface area contributed by atoms with Gasteiger partial charge in [0.1, 0.15) is 11.1 Å². The van der Waals surface area contributed by atoms with Gasteiger partial charge in [0.15, 0.2) is 0 Å². The normalized spacial score (nSPS) is 11.9. The van der Waals surface area contributed by atoms with E-state index in [-0.39, 0.29) is 22.6 Å².